The van der Waals surface area contributed by atoms with Crippen molar-refractivity contribution in [3.05, 3.63) is 10.1 Å². The van der Waals surface area contributed by atoms with E-state index in [2.05, 4.69) is 10.7 Å². The Morgan fingerprint density at radius 3 is 2.12 bits per heavy atom. The quantitative estimate of drug-likeness (QED) is 0.364. The van der Waals surface area contributed by atoms with Gasteiger partial charge in [-0.25, -0.2) is 5.90 Å². The van der Waals surface area contributed by atoms with Gasteiger partial charge in [-0.3, -0.25) is 0 Å². The van der Waals surface area contributed by atoms with Crippen LogP contribution in [-0.4, -0.2) is 16.9 Å². The SMILES string of the molecule is CCON.O=[N+]([O-])O. The second kappa shape index (κ2) is 9.45. The topological polar surface area (TPSA) is 98.6 Å². The van der Waals surface area contributed by atoms with Gasteiger partial charge in [0.15, 0.2) is 0 Å². The van der Waals surface area contributed by atoms with Gasteiger partial charge in [-0.15, -0.1) is 10.1 Å². The van der Waals surface area contributed by atoms with Gasteiger partial charge < -0.3 is 10.0 Å². The maximum Gasteiger partial charge on any atom is 0.291 e. The fraction of sp³-hybridized carbons (Fsp3) is 1.00. The van der Waals surface area contributed by atoms with E-state index in [1.54, 1.807) is 0 Å². The van der Waals surface area contributed by atoms with Gasteiger partial charge in [0, 0.05) is 0 Å². The molecule has 0 rings (SSSR count). The van der Waals surface area contributed by atoms with E-state index >= 15 is 0 Å². The fourth-order valence-corrected chi connectivity index (χ4v) is 0. The van der Waals surface area contributed by atoms with Crippen LogP contribution in [0.1, 0.15) is 6.92 Å². The molecule has 0 saturated carbocycles. The molecule has 0 aromatic heterocycles. The number of rotatable bonds is 1. The smallest absolute Gasteiger partial charge is 0.291 e. The van der Waals surface area contributed by atoms with Gasteiger partial charge in [0.25, 0.3) is 5.09 Å². The highest BCUT2D eigenvalue weighted by atomic mass is 16.9. The first-order chi connectivity index (χ1) is 3.65. The summed E-state index contributed by atoms with van der Waals surface area (Å²) in [5, 5.41) is 13.6. The minimum atomic E-state index is -1.50. The van der Waals surface area contributed by atoms with E-state index in [0.29, 0.717) is 6.61 Å². The van der Waals surface area contributed by atoms with Crippen LogP contribution in [0.25, 0.3) is 0 Å². The molecule has 0 aliphatic carbocycles. The molecule has 0 aromatic carbocycles. The highest BCUT2D eigenvalue weighted by molar-refractivity contribution is 3.91. The maximum absolute atomic E-state index is 8.36. The number of nitrogens with zero attached hydrogens (tertiary/aromatic N) is 1. The minimum Gasteiger partial charge on any atom is -0.328 e. The molecule has 0 fully saturated rings. The van der Waals surface area contributed by atoms with Crippen LogP contribution in [0.5, 0.6) is 0 Å². The largest absolute Gasteiger partial charge is 0.328 e. The third-order valence-electron chi connectivity index (χ3n) is 0.167. The number of hydrogen-bond donors (Lipinski definition) is 2. The highest BCUT2D eigenvalue weighted by Gasteiger charge is 1.65. The third kappa shape index (κ3) is 6040. The molecule has 0 spiro atoms. The summed E-state index contributed by atoms with van der Waals surface area (Å²) in [6.45, 7) is 2.43. The van der Waals surface area contributed by atoms with Gasteiger partial charge >= 0.3 is 0 Å². The van der Waals surface area contributed by atoms with Gasteiger partial charge in [-0.05, 0) is 6.92 Å². The monoisotopic (exact) mass is 124 g/mol. The molecule has 0 aromatic rings. The molecular weight excluding hydrogens is 116 g/mol. The normalized spacial score (nSPS) is 6.75. The zero-order valence-electron chi connectivity index (χ0n) is 4.40. The van der Waals surface area contributed by atoms with Crippen LogP contribution in [0.15, 0.2) is 0 Å². The van der Waals surface area contributed by atoms with E-state index in [1.807, 2.05) is 6.92 Å². The van der Waals surface area contributed by atoms with Crippen molar-refractivity contribution in [3.63, 3.8) is 0 Å². The number of hydrogen-bond acceptors (Lipinski definition) is 4. The van der Waals surface area contributed by atoms with E-state index in [9.17, 15) is 0 Å². The molecule has 50 valence electrons. The lowest BCUT2D eigenvalue weighted by molar-refractivity contribution is -0.742. The molecule has 0 unspecified atom stereocenters. The lowest BCUT2D eigenvalue weighted by atomic mass is 10.9. The van der Waals surface area contributed by atoms with Gasteiger partial charge in [0.05, 0.1) is 6.61 Å². The Morgan fingerprint density at radius 1 is 2.00 bits per heavy atom. The van der Waals surface area contributed by atoms with Crippen molar-refractivity contribution in [2.75, 3.05) is 6.61 Å². The molecule has 0 amide bonds. The first-order valence-electron chi connectivity index (χ1n) is 1.80. The Bertz CT molecular complexity index is 50.0. The minimum absolute atomic E-state index is 0.597. The standard InChI is InChI=1S/C2H7NO.HNO3/c1-2-4-3;2-1(3)4/h2-3H2,1H3;(H,2,3,4). The van der Waals surface area contributed by atoms with Gasteiger partial charge in [-0.1, -0.05) is 0 Å². The molecule has 0 radical (unpaired) electrons. The lowest BCUT2D eigenvalue weighted by Gasteiger charge is -1.76. The Hall–Kier alpha value is -0.880. The van der Waals surface area contributed by atoms with Crippen molar-refractivity contribution in [1.82, 2.24) is 0 Å². The second-order valence-electron chi connectivity index (χ2n) is 0.693. The van der Waals surface area contributed by atoms with E-state index in [-0.39, 0.29) is 0 Å². The molecular formula is C2H8N2O4. The summed E-state index contributed by atoms with van der Waals surface area (Å²) in [6, 6.07) is 0. The van der Waals surface area contributed by atoms with Crippen molar-refractivity contribution in [2.45, 2.75) is 6.92 Å². The average molecular weight is 124 g/mol. The van der Waals surface area contributed by atoms with Gasteiger partial charge in [0.1, 0.15) is 0 Å². The summed E-state index contributed by atoms with van der Waals surface area (Å²) in [6.07, 6.45) is 0. The van der Waals surface area contributed by atoms with Crippen molar-refractivity contribution in [3.8, 4) is 0 Å². The van der Waals surface area contributed by atoms with Crippen molar-refractivity contribution in [1.29, 1.82) is 0 Å². The Labute approximate surface area is 45.9 Å². The molecule has 0 aliphatic rings. The highest BCUT2D eigenvalue weighted by Crippen LogP contribution is 1.46. The van der Waals surface area contributed by atoms with E-state index in [4.69, 9.17) is 15.3 Å². The van der Waals surface area contributed by atoms with Crippen LogP contribution in [0, 0.1) is 10.1 Å². The van der Waals surface area contributed by atoms with Crippen LogP contribution in [0.3, 0.4) is 0 Å². The summed E-state index contributed by atoms with van der Waals surface area (Å²) in [7, 11) is 0. The molecule has 0 bridgehead atoms. The summed E-state index contributed by atoms with van der Waals surface area (Å²) >= 11 is 0. The Kier molecular flexibility index (Phi) is 12.0. The molecule has 0 heterocycles. The Balaban J connectivity index is 0. The first-order valence-corrected chi connectivity index (χ1v) is 1.80. The summed E-state index contributed by atoms with van der Waals surface area (Å²) in [5.41, 5.74) is 0. The lowest BCUT2D eigenvalue weighted by Crippen LogP contribution is -1.94. The van der Waals surface area contributed by atoms with Crippen molar-refractivity contribution >= 4 is 0 Å². The van der Waals surface area contributed by atoms with Crippen molar-refractivity contribution in [2.24, 2.45) is 5.90 Å². The van der Waals surface area contributed by atoms with Crippen LogP contribution in [0.4, 0.5) is 0 Å². The number of nitrogens with two attached hydrogens (primary N) is 1. The van der Waals surface area contributed by atoms with Gasteiger partial charge in [0.2, 0.25) is 0 Å². The summed E-state index contributed by atoms with van der Waals surface area (Å²) in [4.78, 5) is 12.4. The summed E-state index contributed by atoms with van der Waals surface area (Å²) < 4.78 is 0. The zero-order chi connectivity index (χ0) is 6.99. The van der Waals surface area contributed by atoms with E-state index < -0.39 is 5.09 Å². The molecule has 0 saturated heterocycles. The fourth-order valence-electron chi connectivity index (χ4n) is 0. The van der Waals surface area contributed by atoms with E-state index in [0.717, 1.165) is 0 Å². The maximum atomic E-state index is 8.36. The molecule has 0 aliphatic heterocycles. The molecule has 6 nitrogen and oxygen atoms in total. The van der Waals surface area contributed by atoms with E-state index in [1.165, 1.54) is 0 Å². The summed E-state index contributed by atoms with van der Waals surface area (Å²) in [5.74, 6) is 4.53. The molecule has 3 N–H and O–H groups in total. The molecule has 6 heteroatoms. The van der Waals surface area contributed by atoms with Crippen LogP contribution in [-0.2, 0) is 4.84 Å². The van der Waals surface area contributed by atoms with Crippen LogP contribution in [0.2, 0.25) is 0 Å². The molecule has 8 heavy (non-hydrogen) atoms. The Morgan fingerprint density at radius 2 is 2.12 bits per heavy atom. The van der Waals surface area contributed by atoms with Gasteiger partial charge in [-0.2, -0.15) is 0 Å². The zero-order valence-corrected chi connectivity index (χ0v) is 4.40. The van der Waals surface area contributed by atoms with Crippen LogP contribution < -0.4 is 5.90 Å². The van der Waals surface area contributed by atoms with Crippen LogP contribution >= 0.6 is 0 Å². The molecule has 0 atom stereocenters. The predicted octanol–water partition coefficient (Wildman–Crippen LogP) is -0.451. The average Bonchev–Trinajstić information content (AvgIpc) is 1.65. The predicted molar refractivity (Wildman–Crippen MR) is 24.6 cm³/mol. The van der Waals surface area contributed by atoms with Crippen molar-refractivity contribution < 1.29 is 15.1 Å². The third-order valence-corrected chi connectivity index (χ3v) is 0.167. The first kappa shape index (κ1) is 10.2. The second-order valence-corrected chi connectivity index (χ2v) is 0.693.